The summed E-state index contributed by atoms with van der Waals surface area (Å²) in [5.74, 6) is 0. The van der Waals surface area contributed by atoms with E-state index in [2.05, 4.69) is 0 Å². The van der Waals surface area contributed by atoms with Crippen LogP contribution in [0.25, 0.3) is 0 Å². The molecular formula is Al3O3+3. The SMILES string of the molecule is [Al+3].[Al+3].[Al+3].[O-2].[O-2].[O-2]. The molecule has 0 aliphatic carbocycles. The number of hydrogen-bond acceptors (Lipinski definition) is 0. The summed E-state index contributed by atoms with van der Waals surface area (Å²) in [6, 6.07) is 0. The first-order valence-electron chi connectivity index (χ1n) is 0. The zero-order valence-electron chi connectivity index (χ0n) is 2.96. The maximum Gasteiger partial charge on any atom is 3.00 e. The molecule has 6 heteroatoms. The van der Waals surface area contributed by atoms with Crippen molar-refractivity contribution in [3.63, 3.8) is 0 Å². The normalized spacial score (nSPS) is 0. The van der Waals surface area contributed by atoms with Gasteiger partial charge in [0.25, 0.3) is 0 Å². The molecule has 0 amide bonds. The quantitative estimate of drug-likeness (QED) is 0.356. The molecule has 0 unspecified atom stereocenters. The van der Waals surface area contributed by atoms with Crippen LogP contribution in [0.4, 0.5) is 0 Å². The molecule has 0 saturated heterocycles. The van der Waals surface area contributed by atoms with Crippen molar-refractivity contribution in [1.82, 2.24) is 0 Å². The van der Waals surface area contributed by atoms with Crippen LogP contribution in [0.5, 0.6) is 0 Å². The zero-order chi connectivity index (χ0) is 0. The van der Waals surface area contributed by atoms with Crippen LogP contribution in [0.15, 0.2) is 0 Å². The molecule has 0 aromatic rings. The molecule has 6 heavy (non-hydrogen) atoms. The fraction of sp³-hybridized carbons (Fsp3) is 0. The van der Waals surface area contributed by atoms with Gasteiger partial charge in [-0.15, -0.1) is 0 Å². The van der Waals surface area contributed by atoms with Crippen LogP contribution in [0, 0.1) is 0 Å². The van der Waals surface area contributed by atoms with Crippen LogP contribution < -0.4 is 0 Å². The number of rotatable bonds is 0. The summed E-state index contributed by atoms with van der Waals surface area (Å²) in [5.41, 5.74) is 0. The molecule has 3 nitrogen and oxygen atoms in total. The fourth-order valence-corrected chi connectivity index (χ4v) is 0. The summed E-state index contributed by atoms with van der Waals surface area (Å²) in [7, 11) is 0. The van der Waals surface area contributed by atoms with Gasteiger partial charge in [0, 0.05) is 0 Å². The molecule has 0 aliphatic heterocycles. The van der Waals surface area contributed by atoms with Gasteiger partial charge in [-0.25, -0.2) is 0 Å². The van der Waals surface area contributed by atoms with Crippen LogP contribution in [-0.2, 0) is 16.4 Å². The summed E-state index contributed by atoms with van der Waals surface area (Å²) < 4.78 is 0. The Morgan fingerprint density at radius 2 is 0.333 bits per heavy atom. The second-order valence-electron chi connectivity index (χ2n) is 0. The predicted molar refractivity (Wildman–Crippen MR) is 19.3 cm³/mol. The minimum atomic E-state index is 0. The molecule has 24 valence electrons. The Bertz CT molecular complexity index is 6.00. The number of hydrogen-bond donors (Lipinski definition) is 0. The van der Waals surface area contributed by atoms with Gasteiger partial charge >= 0.3 is 52.1 Å². The standard InChI is InChI=1S/3Al.3O/q3*+3;3*-2. The summed E-state index contributed by atoms with van der Waals surface area (Å²) in [6.07, 6.45) is 0. The maximum absolute atomic E-state index is 0. The van der Waals surface area contributed by atoms with E-state index in [1.807, 2.05) is 0 Å². The van der Waals surface area contributed by atoms with Crippen LogP contribution in [0.3, 0.4) is 0 Å². The van der Waals surface area contributed by atoms with Crippen molar-refractivity contribution < 1.29 is 16.4 Å². The first-order valence-corrected chi connectivity index (χ1v) is 0. The Kier molecular flexibility index (Phi) is 2130. The van der Waals surface area contributed by atoms with Crippen LogP contribution in [0.1, 0.15) is 0 Å². The molecule has 0 heterocycles. The van der Waals surface area contributed by atoms with Gasteiger partial charge < -0.3 is 16.4 Å². The topological polar surface area (TPSA) is 85.5 Å². The zero-order valence-corrected chi connectivity index (χ0v) is 6.42. The van der Waals surface area contributed by atoms with Gasteiger partial charge in [-0.3, -0.25) is 0 Å². The molecule has 0 radical (unpaired) electrons. The molecule has 0 fully saturated rings. The van der Waals surface area contributed by atoms with Gasteiger partial charge in [0.05, 0.1) is 0 Å². The van der Waals surface area contributed by atoms with Crippen LogP contribution >= 0.6 is 0 Å². The smallest absolute Gasteiger partial charge is 2.00 e. The summed E-state index contributed by atoms with van der Waals surface area (Å²) >= 11 is 0. The van der Waals surface area contributed by atoms with Gasteiger partial charge in [0.15, 0.2) is 0 Å². The Morgan fingerprint density at radius 3 is 0.333 bits per heavy atom. The third-order valence-corrected chi connectivity index (χ3v) is 0. The first-order chi connectivity index (χ1) is 0. The molecular weight excluding hydrogens is 129 g/mol. The van der Waals surface area contributed by atoms with Crippen LogP contribution in [0.2, 0.25) is 0 Å². The van der Waals surface area contributed by atoms with Crippen molar-refractivity contribution >= 4 is 52.1 Å². The van der Waals surface area contributed by atoms with E-state index >= 15 is 0 Å². The molecule has 0 aromatic heterocycles. The van der Waals surface area contributed by atoms with E-state index in [0.717, 1.165) is 0 Å². The van der Waals surface area contributed by atoms with Gasteiger partial charge in [-0.1, -0.05) is 0 Å². The Morgan fingerprint density at radius 1 is 0.333 bits per heavy atom. The third-order valence-electron chi connectivity index (χ3n) is 0. The van der Waals surface area contributed by atoms with Crippen molar-refractivity contribution in [2.24, 2.45) is 0 Å². The molecule has 0 aromatic carbocycles. The van der Waals surface area contributed by atoms with Crippen molar-refractivity contribution in [3.05, 3.63) is 0 Å². The van der Waals surface area contributed by atoms with Crippen molar-refractivity contribution in [1.29, 1.82) is 0 Å². The van der Waals surface area contributed by atoms with Gasteiger partial charge in [0.2, 0.25) is 0 Å². The Labute approximate surface area is 68.4 Å². The van der Waals surface area contributed by atoms with E-state index in [4.69, 9.17) is 0 Å². The van der Waals surface area contributed by atoms with Gasteiger partial charge in [-0.2, -0.15) is 0 Å². The van der Waals surface area contributed by atoms with E-state index in [1.165, 1.54) is 0 Å². The van der Waals surface area contributed by atoms with Crippen molar-refractivity contribution in [2.75, 3.05) is 0 Å². The largest absolute Gasteiger partial charge is 3.00 e. The molecule has 0 spiro atoms. The second-order valence-corrected chi connectivity index (χ2v) is 0. The summed E-state index contributed by atoms with van der Waals surface area (Å²) in [4.78, 5) is 0. The second kappa shape index (κ2) is 89.0. The van der Waals surface area contributed by atoms with Crippen molar-refractivity contribution in [3.8, 4) is 0 Å². The first kappa shape index (κ1) is 144. The molecule has 0 N–H and O–H groups in total. The van der Waals surface area contributed by atoms with Crippen molar-refractivity contribution in [2.45, 2.75) is 0 Å². The summed E-state index contributed by atoms with van der Waals surface area (Å²) in [5, 5.41) is 0. The average Bonchev–Trinajstić information content (AvgIpc) is 0. The van der Waals surface area contributed by atoms with Crippen LogP contribution in [-0.4, -0.2) is 52.1 Å². The minimum absolute atomic E-state index is 0. The molecule has 0 saturated carbocycles. The van der Waals surface area contributed by atoms with E-state index in [1.54, 1.807) is 0 Å². The third kappa shape index (κ3) is 50.3. The van der Waals surface area contributed by atoms with E-state index in [9.17, 15) is 0 Å². The molecule has 0 bridgehead atoms. The Hall–Kier alpha value is 1.48. The fourth-order valence-electron chi connectivity index (χ4n) is 0. The molecule has 0 aliphatic rings. The Balaban J connectivity index is 0. The van der Waals surface area contributed by atoms with Gasteiger partial charge in [0.1, 0.15) is 0 Å². The maximum atomic E-state index is 0. The predicted octanol–water partition coefficient (Wildman–Crippen LogP) is -1.50. The minimum Gasteiger partial charge on any atom is -2.00 e. The van der Waals surface area contributed by atoms with E-state index in [0.29, 0.717) is 0 Å². The molecule has 0 atom stereocenters. The van der Waals surface area contributed by atoms with E-state index in [-0.39, 0.29) is 68.5 Å². The van der Waals surface area contributed by atoms with Gasteiger partial charge in [-0.05, 0) is 0 Å². The molecule has 0 rings (SSSR count). The average molecular weight is 129 g/mol. The monoisotopic (exact) mass is 129 g/mol. The van der Waals surface area contributed by atoms with E-state index < -0.39 is 0 Å². The summed E-state index contributed by atoms with van der Waals surface area (Å²) in [6.45, 7) is 0.